The molecule has 0 aliphatic rings. The molecular weight excluding hydrogens is 173 g/mol. The molecule has 0 spiro atoms. The minimum absolute atomic E-state index is 0.605. The van der Waals surface area contributed by atoms with Gasteiger partial charge in [0.2, 0.25) is 0 Å². The lowest BCUT2D eigenvalue weighted by atomic mass is 10.1. The van der Waals surface area contributed by atoms with Gasteiger partial charge in [0, 0.05) is 6.42 Å². The van der Waals surface area contributed by atoms with Crippen LogP contribution in [0.3, 0.4) is 0 Å². The van der Waals surface area contributed by atoms with Gasteiger partial charge >= 0.3 is 5.97 Å². The molecular formula is C7H7F3O2. The van der Waals surface area contributed by atoms with Crippen LogP contribution in [0.15, 0.2) is 24.6 Å². The van der Waals surface area contributed by atoms with Crippen LogP contribution in [-0.4, -0.2) is 17.0 Å². The molecule has 1 N–H and O–H groups in total. The summed E-state index contributed by atoms with van der Waals surface area (Å²) in [6.07, 6.45) is -0.673. The van der Waals surface area contributed by atoms with Gasteiger partial charge in [-0.2, -0.15) is 0 Å². The molecule has 12 heavy (non-hydrogen) atoms. The van der Waals surface area contributed by atoms with Gasteiger partial charge in [-0.05, 0) is 0 Å². The van der Waals surface area contributed by atoms with Gasteiger partial charge in [-0.3, -0.25) is 0 Å². The second kappa shape index (κ2) is 3.94. The van der Waals surface area contributed by atoms with Crippen LogP contribution in [-0.2, 0) is 4.79 Å². The number of carboxylic acid groups (broad SMARTS) is 1. The van der Waals surface area contributed by atoms with E-state index in [1.807, 2.05) is 0 Å². The summed E-state index contributed by atoms with van der Waals surface area (Å²) in [7, 11) is 0. The third-order valence-corrected chi connectivity index (χ3v) is 1.13. The van der Waals surface area contributed by atoms with Gasteiger partial charge in [0.15, 0.2) is 0 Å². The molecule has 0 atom stereocenters. The second-order valence-corrected chi connectivity index (χ2v) is 2.03. The van der Waals surface area contributed by atoms with Crippen LogP contribution in [0.25, 0.3) is 0 Å². The van der Waals surface area contributed by atoms with Gasteiger partial charge in [-0.1, -0.05) is 6.08 Å². The average molecular weight is 180 g/mol. The van der Waals surface area contributed by atoms with Crippen LogP contribution >= 0.6 is 0 Å². The summed E-state index contributed by atoms with van der Waals surface area (Å²) >= 11 is 0. The quantitative estimate of drug-likeness (QED) is 0.531. The zero-order valence-corrected chi connectivity index (χ0v) is 6.06. The Balaban J connectivity index is 4.72. The van der Waals surface area contributed by atoms with Crippen molar-refractivity contribution < 1.29 is 23.1 Å². The van der Waals surface area contributed by atoms with E-state index in [1.54, 1.807) is 0 Å². The van der Waals surface area contributed by atoms with E-state index < -0.39 is 30.2 Å². The van der Waals surface area contributed by atoms with Crippen molar-refractivity contribution in [3.05, 3.63) is 24.6 Å². The van der Waals surface area contributed by atoms with E-state index >= 15 is 0 Å². The summed E-state index contributed by atoms with van der Waals surface area (Å²) in [4.78, 5) is 10.0. The number of carbonyl (C=O) groups is 1. The first-order chi connectivity index (χ1) is 5.45. The SMILES string of the molecule is C=CCC(F)(F)C(=CF)C(=O)O. The van der Waals surface area contributed by atoms with E-state index in [-0.39, 0.29) is 0 Å². The molecule has 0 aromatic rings. The highest BCUT2D eigenvalue weighted by molar-refractivity contribution is 5.88. The van der Waals surface area contributed by atoms with Crippen molar-refractivity contribution in [1.29, 1.82) is 0 Å². The first kappa shape index (κ1) is 10.7. The van der Waals surface area contributed by atoms with Gasteiger partial charge in [0.1, 0.15) is 11.9 Å². The number of allylic oxidation sites excluding steroid dienone is 1. The molecule has 0 aliphatic carbocycles. The Kier molecular flexibility index (Phi) is 3.53. The van der Waals surface area contributed by atoms with Gasteiger partial charge in [0.25, 0.3) is 5.92 Å². The molecule has 0 heterocycles. The molecule has 0 amide bonds. The lowest BCUT2D eigenvalue weighted by Crippen LogP contribution is -2.24. The monoisotopic (exact) mass is 180 g/mol. The zero-order valence-electron chi connectivity index (χ0n) is 6.06. The lowest BCUT2D eigenvalue weighted by Gasteiger charge is -2.12. The van der Waals surface area contributed by atoms with E-state index in [1.165, 1.54) is 0 Å². The van der Waals surface area contributed by atoms with Crippen molar-refractivity contribution >= 4 is 5.97 Å². The topological polar surface area (TPSA) is 37.3 Å². The van der Waals surface area contributed by atoms with Crippen LogP contribution in [0.2, 0.25) is 0 Å². The number of halogens is 3. The Morgan fingerprint density at radius 1 is 1.58 bits per heavy atom. The molecule has 0 fully saturated rings. The lowest BCUT2D eigenvalue weighted by molar-refractivity contribution is -0.136. The van der Waals surface area contributed by atoms with Crippen molar-refractivity contribution in [3.8, 4) is 0 Å². The molecule has 0 saturated heterocycles. The third kappa shape index (κ3) is 2.41. The Bertz CT molecular complexity index is 221. The molecule has 0 bridgehead atoms. The van der Waals surface area contributed by atoms with Crippen LogP contribution in [0.5, 0.6) is 0 Å². The Morgan fingerprint density at radius 2 is 2.08 bits per heavy atom. The molecule has 0 rings (SSSR count). The number of rotatable bonds is 4. The van der Waals surface area contributed by atoms with Crippen molar-refractivity contribution in [2.75, 3.05) is 0 Å². The van der Waals surface area contributed by atoms with Crippen molar-refractivity contribution in [1.82, 2.24) is 0 Å². The maximum absolute atomic E-state index is 12.6. The molecule has 5 heteroatoms. The highest BCUT2D eigenvalue weighted by atomic mass is 19.3. The standard InChI is InChI=1S/C7H7F3O2/c1-2-3-7(9,10)5(4-8)6(11)12/h2,4H,1,3H2,(H,11,12). The number of aliphatic carboxylic acids is 1. The molecule has 0 aliphatic heterocycles. The fourth-order valence-electron chi connectivity index (χ4n) is 0.574. The first-order valence-corrected chi connectivity index (χ1v) is 2.98. The van der Waals surface area contributed by atoms with Crippen LogP contribution in [0.1, 0.15) is 6.42 Å². The van der Waals surface area contributed by atoms with Crippen LogP contribution in [0.4, 0.5) is 13.2 Å². The van der Waals surface area contributed by atoms with E-state index in [4.69, 9.17) is 5.11 Å². The summed E-state index contributed by atoms with van der Waals surface area (Å²) in [5.74, 6) is -5.66. The molecule has 0 saturated carbocycles. The van der Waals surface area contributed by atoms with Crippen molar-refractivity contribution in [2.45, 2.75) is 12.3 Å². The van der Waals surface area contributed by atoms with Gasteiger partial charge < -0.3 is 5.11 Å². The first-order valence-electron chi connectivity index (χ1n) is 2.98. The molecule has 0 unspecified atom stereocenters. The summed E-state index contributed by atoms with van der Waals surface area (Å²) in [5.41, 5.74) is -1.55. The molecule has 0 aromatic heterocycles. The average Bonchev–Trinajstić information content (AvgIpc) is 1.86. The normalized spacial score (nSPS) is 12.8. The van der Waals surface area contributed by atoms with Crippen molar-refractivity contribution in [2.24, 2.45) is 0 Å². The molecule has 68 valence electrons. The summed E-state index contributed by atoms with van der Waals surface area (Å²) in [6.45, 7) is 3.00. The highest BCUT2D eigenvalue weighted by Crippen LogP contribution is 2.28. The van der Waals surface area contributed by atoms with E-state index in [9.17, 15) is 18.0 Å². The largest absolute Gasteiger partial charge is 0.478 e. The number of hydrogen-bond acceptors (Lipinski definition) is 1. The molecule has 0 aromatic carbocycles. The predicted molar refractivity (Wildman–Crippen MR) is 36.6 cm³/mol. The number of hydrogen-bond donors (Lipinski definition) is 1. The van der Waals surface area contributed by atoms with Crippen molar-refractivity contribution in [3.63, 3.8) is 0 Å². The smallest absolute Gasteiger partial charge is 0.340 e. The Labute approximate surface area is 67.0 Å². The molecule has 2 nitrogen and oxygen atoms in total. The van der Waals surface area contributed by atoms with Gasteiger partial charge in [-0.25, -0.2) is 18.0 Å². The van der Waals surface area contributed by atoms with E-state index in [0.29, 0.717) is 0 Å². The summed E-state index contributed by atoms with van der Waals surface area (Å²) in [6, 6.07) is 0. The minimum atomic E-state index is -3.69. The maximum atomic E-state index is 12.6. The highest BCUT2D eigenvalue weighted by Gasteiger charge is 2.37. The minimum Gasteiger partial charge on any atom is -0.478 e. The fourth-order valence-corrected chi connectivity index (χ4v) is 0.574. The second-order valence-electron chi connectivity index (χ2n) is 2.03. The van der Waals surface area contributed by atoms with Gasteiger partial charge in [0.05, 0.1) is 0 Å². The third-order valence-electron chi connectivity index (χ3n) is 1.13. The number of carboxylic acids is 1. The van der Waals surface area contributed by atoms with Gasteiger partial charge in [-0.15, -0.1) is 6.58 Å². The van der Waals surface area contributed by atoms with Crippen LogP contribution in [0, 0.1) is 0 Å². The summed E-state index contributed by atoms with van der Waals surface area (Å²) in [5, 5.41) is 8.11. The fraction of sp³-hybridized carbons (Fsp3) is 0.286. The maximum Gasteiger partial charge on any atom is 0.340 e. The molecule has 0 radical (unpaired) electrons. The van der Waals surface area contributed by atoms with Crippen LogP contribution < -0.4 is 0 Å². The Hall–Kier alpha value is -1.26. The Morgan fingerprint density at radius 3 is 2.33 bits per heavy atom. The predicted octanol–water partition coefficient (Wildman–Crippen LogP) is 2.14. The zero-order chi connectivity index (χ0) is 9.78. The van der Waals surface area contributed by atoms with E-state index in [2.05, 4.69) is 6.58 Å². The van der Waals surface area contributed by atoms with E-state index in [0.717, 1.165) is 6.08 Å². The number of alkyl halides is 2. The summed E-state index contributed by atoms with van der Waals surface area (Å²) < 4.78 is 36.8.